The van der Waals surface area contributed by atoms with Crippen molar-refractivity contribution in [2.45, 2.75) is 31.6 Å². The minimum atomic E-state index is -0.0217. The van der Waals surface area contributed by atoms with Gasteiger partial charge in [-0.2, -0.15) is 0 Å². The van der Waals surface area contributed by atoms with Crippen LogP contribution in [0.5, 0.6) is 5.75 Å². The maximum Gasteiger partial charge on any atom is 0.224 e. The van der Waals surface area contributed by atoms with Gasteiger partial charge in [-0.15, -0.1) is 12.6 Å². The minimum absolute atomic E-state index is 0.0217. The summed E-state index contributed by atoms with van der Waals surface area (Å²) in [6, 6.07) is 13.5. The molecule has 116 valence electrons. The normalized spacial score (nSPS) is 10.3. The highest BCUT2D eigenvalue weighted by molar-refractivity contribution is 7.80. The molecule has 0 aromatic heterocycles. The zero-order chi connectivity index (χ0) is 15.9. The van der Waals surface area contributed by atoms with Gasteiger partial charge in [0, 0.05) is 11.3 Å². The van der Waals surface area contributed by atoms with Gasteiger partial charge in [0.2, 0.25) is 5.91 Å². The summed E-state index contributed by atoms with van der Waals surface area (Å²) in [6.07, 6.45) is 1.10. The summed E-state index contributed by atoms with van der Waals surface area (Å²) in [5.74, 6) is 0.898. The molecule has 0 saturated carbocycles. The van der Waals surface area contributed by atoms with Crippen molar-refractivity contribution in [3.8, 4) is 5.75 Å². The summed E-state index contributed by atoms with van der Waals surface area (Å²) >= 11 is 4.31. The molecule has 1 N–H and O–H groups in total. The van der Waals surface area contributed by atoms with Gasteiger partial charge in [0.15, 0.2) is 0 Å². The van der Waals surface area contributed by atoms with Crippen LogP contribution in [0.4, 0.5) is 5.69 Å². The van der Waals surface area contributed by atoms with Crippen LogP contribution >= 0.6 is 12.6 Å². The molecule has 0 fully saturated rings. The van der Waals surface area contributed by atoms with E-state index in [4.69, 9.17) is 4.74 Å². The van der Waals surface area contributed by atoms with E-state index in [0.717, 1.165) is 27.5 Å². The summed E-state index contributed by atoms with van der Waals surface area (Å²) in [5, 5.41) is 2.86. The van der Waals surface area contributed by atoms with Gasteiger partial charge in [0.05, 0.1) is 12.3 Å². The second kappa shape index (κ2) is 7.90. The fourth-order valence-corrected chi connectivity index (χ4v) is 2.44. The van der Waals surface area contributed by atoms with Crippen molar-refractivity contribution in [3.05, 3.63) is 53.6 Å². The number of amides is 1. The molecule has 0 aliphatic rings. The third-order valence-corrected chi connectivity index (χ3v) is 3.77. The zero-order valence-corrected chi connectivity index (χ0v) is 13.8. The Kier molecular flexibility index (Phi) is 5.90. The van der Waals surface area contributed by atoms with Gasteiger partial charge in [0.25, 0.3) is 0 Å². The first-order valence-electron chi connectivity index (χ1n) is 7.35. The molecule has 0 radical (unpaired) electrons. The average molecular weight is 315 g/mol. The summed E-state index contributed by atoms with van der Waals surface area (Å²) in [5.41, 5.74) is 2.98. The number of carbonyl (C=O) groups excluding carboxylic acids is 1. The molecule has 2 aromatic rings. The molecule has 4 heteroatoms. The van der Waals surface area contributed by atoms with Crippen molar-refractivity contribution >= 4 is 24.2 Å². The van der Waals surface area contributed by atoms with E-state index in [9.17, 15) is 4.79 Å². The van der Waals surface area contributed by atoms with Gasteiger partial charge in [-0.05, 0) is 43.5 Å². The summed E-state index contributed by atoms with van der Waals surface area (Å²) in [6.45, 7) is 4.58. The topological polar surface area (TPSA) is 38.3 Å². The number of ether oxygens (including phenoxy) is 1. The molecular weight excluding hydrogens is 294 g/mol. The van der Waals surface area contributed by atoms with Crippen molar-refractivity contribution < 1.29 is 9.53 Å². The molecule has 0 spiro atoms. The molecule has 0 aliphatic carbocycles. The smallest absolute Gasteiger partial charge is 0.224 e. The first kappa shape index (κ1) is 16.4. The van der Waals surface area contributed by atoms with Crippen molar-refractivity contribution in [3.63, 3.8) is 0 Å². The van der Waals surface area contributed by atoms with E-state index in [1.807, 2.05) is 56.3 Å². The Bertz CT molecular complexity index is 635. The Labute approximate surface area is 137 Å². The second-order valence-corrected chi connectivity index (χ2v) is 5.72. The third-order valence-electron chi connectivity index (χ3n) is 3.38. The van der Waals surface area contributed by atoms with E-state index >= 15 is 0 Å². The number of benzene rings is 2. The number of hydrogen-bond donors (Lipinski definition) is 2. The van der Waals surface area contributed by atoms with E-state index < -0.39 is 0 Å². The van der Waals surface area contributed by atoms with Crippen molar-refractivity contribution in [1.82, 2.24) is 0 Å². The van der Waals surface area contributed by atoms with Gasteiger partial charge in [-0.25, -0.2) is 0 Å². The van der Waals surface area contributed by atoms with E-state index in [1.165, 1.54) is 0 Å². The second-order valence-electron chi connectivity index (χ2n) is 5.24. The van der Waals surface area contributed by atoms with Crippen LogP contribution in [0.15, 0.2) is 47.4 Å². The van der Waals surface area contributed by atoms with Crippen molar-refractivity contribution in [2.75, 3.05) is 11.9 Å². The summed E-state index contributed by atoms with van der Waals surface area (Å²) < 4.78 is 5.80. The first-order chi connectivity index (χ1) is 10.6. The number of aryl methyl sites for hydroxylation is 2. The fourth-order valence-electron chi connectivity index (χ4n) is 2.23. The van der Waals surface area contributed by atoms with Gasteiger partial charge in [-0.3, -0.25) is 4.79 Å². The van der Waals surface area contributed by atoms with Crippen LogP contribution in [0.1, 0.15) is 24.0 Å². The number of rotatable bonds is 6. The molecule has 22 heavy (non-hydrogen) atoms. The fraction of sp³-hybridized carbons (Fsp3) is 0.278. The van der Waals surface area contributed by atoms with Crippen LogP contribution in [0.25, 0.3) is 0 Å². The highest BCUT2D eigenvalue weighted by atomic mass is 32.1. The molecule has 1 amide bonds. The minimum Gasteiger partial charge on any atom is -0.493 e. The highest BCUT2D eigenvalue weighted by Gasteiger charge is 2.06. The van der Waals surface area contributed by atoms with E-state index in [1.54, 1.807) is 0 Å². The number of anilines is 1. The maximum absolute atomic E-state index is 11.9. The molecular formula is C18H21NO2S. The van der Waals surface area contributed by atoms with Crippen LogP contribution in [0.2, 0.25) is 0 Å². The first-order valence-corrected chi connectivity index (χ1v) is 7.79. The van der Waals surface area contributed by atoms with E-state index in [0.29, 0.717) is 19.4 Å². The Morgan fingerprint density at radius 3 is 2.45 bits per heavy atom. The zero-order valence-electron chi connectivity index (χ0n) is 12.9. The predicted octanol–water partition coefficient (Wildman–Crippen LogP) is 4.39. The summed E-state index contributed by atoms with van der Waals surface area (Å²) in [4.78, 5) is 12.7. The standard InChI is InChI=1S/C18H21NO2S/c1-13-7-5-8-14(2)18(13)21-12-6-11-17(20)19-15-9-3-4-10-16(15)22/h3-5,7-10,22H,6,11-12H2,1-2H3,(H,19,20). The summed E-state index contributed by atoms with van der Waals surface area (Å²) in [7, 11) is 0. The lowest BCUT2D eigenvalue weighted by molar-refractivity contribution is -0.116. The molecule has 3 nitrogen and oxygen atoms in total. The Hall–Kier alpha value is -1.94. The molecule has 2 rings (SSSR count). The van der Waals surface area contributed by atoms with Gasteiger partial charge in [0.1, 0.15) is 5.75 Å². The maximum atomic E-state index is 11.9. The largest absolute Gasteiger partial charge is 0.493 e. The lowest BCUT2D eigenvalue weighted by atomic mass is 10.1. The van der Waals surface area contributed by atoms with Gasteiger partial charge < -0.3 is 10.1 Å². The molecule has 2 aromatic carbocycles. The van der Waals surface area contributed by atoms with Gasteiger partial charge >= 0.3 is 0 Å². The highest BCUT2D eigenvalue weighted by Crippen LogP contribution is 2.22. The number of nitrogens with one attached hydrogen (secondary N) is 1. The Balaban J connectivity index is 1.77. The number of para-hydroxylation sites is 2. The molecule has 0 saturated heterocycles. The lowest BCUT2D eigenvalue weighted by Crippen LogP contribution is -2.13. The van der Waals surface area contributed by atoms with Crippen LogP contribution in [0.3, 0.4) is 0 Å². The molecule has 0 bridgehead atoms. The predicted molar refractivity (Wildman–Crippen MR) is 93.0 cm³/mol. The van der Waals surface area contributed by atoms with Crippen LogP contribution in [-0.4, -0.2) is 12.5 Å². The molecule has 0 atom stereocenters. The van der Waals surface area contributed by atoms with Crippen molar-refractivity contribution in [2.24, 2.45) is 0 Å². The SMILES string of the molecule is Cc1cccc(C)c1OCCCC(=O)Nc1ccccc1S. The Morgan fingerprint density at radius 2 is 1.77 bits per heavy atom. The number of thiol groups is 1. The lowest BCUT2D eigenvalue weighted by Gasteiger charge is -2.12. The average Bonchev–Trinajstić information content (AvgIpc) is 2.48. The number of hydrogen-bond acceptors (Lipinski definition) is 3. The monoisotopic (exact) mass is 315 g/mol. The molecule has 0 aliphatic heterocycles. The molecule has 0 unspecified atom stereocenters. The van der Waals surface area contributed by atoms with E-state index in [2.05, 4.69) is 17.9 Å². The number of carbonyl (C=O) groups is 1. The van der Waals surface area contributed by atoms with Gasteiger partial charge in [-0.1, -0.05) is 30.3 Å². The molecule has 0 heterocycles. The van der Waals surface area contributed by atoms with Crippen LogP contribution < -0.4 is 10.1 Å². The van der Waals surface area contributed by atoms with Crippen molar-refractivity contribution in [1.29, 1.82) is 0 Å². The quantitative estimate of drug-likeness (QED) is 0.613. The third kappa shape index (κ3) is 4.53. The van der Waals surface area contributed by atoms with Crippen LogP contribution in [-0.2, 0) is 4.79 Å². The Morgan fingerprint density at radius 1 is 1.09 bits per heavy atom. The van der Waals surface area contributed by atoms with Crippen LogP contribution in [0, 0.1) is 13.8 Å². The van der Waals surface area contributed by atoms with E-state index in [-0.39, 0.29) is 5.91 Å².